The van der Waals surface area contributed by atoms with Gasteiger partial charge in [0.05, 0.1) is 36.4 Å². The monoisotopic (exact) mass is 527 g/mol. The molecule has 0 aliphatic carbocycles. The van der Waals surface area contributed by atoms with Gasteiger partial charge in [-0.3, -0.25) is 0 Å². The maximum absolute atomic E-state index is 13.4. The van der Waals surface area contributed by atoms with E-state index in [1.54, 1.807) is 6.07 Å². The molecule has 0 N–H and O–H groups in total. The second-order valence-corrected chi connectivity index (χ2v) is 10.6. The number of halogens is 3. The zero-order valence-corrected chi connectivity index (χ0v) is 21.7. The minimum absolute atomic E-state index is 0.186. The highest BCUT2D eigenvalue weighted by Crippen LogP contribution is 2.36. The number of hydrogen-bond donors (Lipinski definition) is 0. The van der Waals surface area contributed by atoms with E-state index in [2.05, 4.69) is 33.3 Å². The first kappa shape index (κ1) is 25.0. The normalized spacial score (nSPS) is 21.9. The first-order valence-electron chi connectivity index (χ1n) is 13.2. The van der Waals surface area contributed by atoms with Crippen molar-refractivity contribution in [3.05, 3.63) is 59.3 Å². The molecule has 0 saturated carbocycles. The minimum Gasteiger partial charge on any atom is -0.462 e. The molecule has 2 aromatic heterocycles. The number of nitrogens with zero attached hydrogens (tertiary/aromatic N) is 7. The molecular weight excluding hydrogens is 495 g/mol. The predicted octanol–water partition coefficient (Wildman–Crippen LogP) is 4.14. The fourth-order valence-corrected chi connectivity index (χ4v) is 5.79. The van der Waals surface area contributed by atoms with Crippen LogP contribution in [-0.4, -0.2) is 63.2 Å². The van der Waals surface area contributed by atoms with Crippen LogP contribution in [0.25, 0.3) is 0 Å². The molecule has 3 aromatic rings. The molecule has 1 fully saturated rings. The summed E-state index contributed by atoms with van der Waals surface area (Å²) in [5.41, 5.74) is 2.86. The topological polar surface area (TPSA) is 62.6 Å². The molecule has 3 aliphatic rings. The Morgan fingerprint density at radius 3 is 2.79 bits per heavy atom. The number of imidazole rings is 1. The summed E-state index contributed by atoms with van der Waals surface area (Å²) in [4.78, 5) is 20.6. The van der Waals surface area contributed by atoms with Gasteiger partial charge in [0.2, 0.25) is 0 Å². The van der Waals surface area contributed by atoms with Crippen LogP contribution in [-0.2, 0) is 32.2 Å². The Hall–Kier alpha value is -3.34. The highest BCUT2D eigenvalue weighted by Gasteiger charge is 2.33. The molecule has 0 radical (unpaired) electrons. The summed E-state index contributed by atoms with van der Waals surface area (Å²) in [6.07, 6.45) is 2.21. The highest BCUT2D eigenvalue weighted by molar-refractivity contribution is 5.57. The number of rotatable bonds is 5. The Labute approximate surface area is 220 Å². The quantitative estimate of drug-likeness (QED) is 0.494. The number of aromatic nitrogens is 4. The Balaban J connectivity index is 1.33. The maximum Gasteiger partial charge on any atom is 0.416 e. The second-order valence-electron chi connectivity index (χ2n) is 10.6. The van der Waals surface area contributed by atoms with Gasteiger partial charge in [0.25, 0.3) is 0 Å². The lowest BCUT2D eigenvalue weighted by atomic mass is 10.0. The van der Waals surface area contributed by atoms with Crippen molar-refractivity contribution in [3.8, 4) is 6.01 Å². The van der Waals surface area contributed by atoms with Gasteiger partial charge in [0.15, 0.2) is 0 Å². The smallest absolute Gasteiger partial charge is 0.416 e. The number of ether oxygens (including phenoxy) is 1. The summed E-state index contributed by atoms with van der Waals surface area (Å²) in [5.74, 6) is 0.855. The van der Waals surface area contributed by atoms with Gasteiger partial charge in [0.1, 0.15) is 12.4 Å². The molecule has 2 atom stereocenters. The number of hydrogen-bond acceptors (Lipinski definition) is 7. The number of anilines is 2. The van der Waals surface area contributed by atoms with E-state index in [1.807, 2.05) is 17.4 Å². The van der Waals surface area contributed by atoms with E-state index in [0.717, 1.165) is 54.8 Å². The number of likely N-dealkylation sites (N-methyl/N-ethyl adjacent to an activating group) is 1. The fraction of sp³-hybridized carbons (Fsp3) is 0.519. The van der Waals surface area contributed by atoms with Gasteiger partial charge in [0, 0.05) is 42.6 Å². The molecule has 1 aromatic carbocycles. The molecular formula is C27H32F3N7O. The van der Waals surface area contributed by atoms with Crippen molar-refractivity contribution < 1.29 is 17.9 Å². The van der Waals surface area contributed by atoms with Crippen LogP contribution in [0.1, 0.15) is 42.3 Å². The third-order valence-corrected chi connectivity index (χ3v) is 8.03. The van der Waals surface area contributed by atoms with Crippen molar-refractivity contribution in [1.82, 2.24) is 24.4 Å². The first-order valence-corrected chi connectivity index (χ1v) is 13.2. The highest BCUT2D eigenvalue weighted by atomic mass is 19.4. The third-order valence-electron chi connectivity index (χ3n) is 8.03. The molecule has 0 unspecified atom stereocenters. The van der Waals surface area contributed by atoms with Crippen LogP contribution in [0, 0.1) is 0 Å². The fourth-order valence-electron chi connectivity index (χ4n) is 5.79. The van der Waals surface area contributed by atoms with Gasteiger partial charge >= 0.3 is 12.2 Å². The lowest BCUT2D eigenvalue weighted by Gasteiger charge is -2.38. The van der Waals surface area contributed by atoms with Gasteiger partial charge in [-0.25, -0.2) is 4.98 Å². The standard InChI is InChI=1S/C27H32F3N7O/c1-18-13-36-17-31-12-22(36)14-37(18)25-23-8-10-35(20-6-3-5-19(11-20)27(28,29)30)15-24(23)32-26(33-25)38-16-21-7-4-9-34(21)2/h3,5-6,11-12,17-18,21H,4,7-10,13-16H2,1-2H3/t18-,21+/m1/s1. The minimum atomic E-state index is -4.38. The van der Waals surface area contributed by atoms with Gasteiger partial charge in [-0.1, -0.05) is 6.07 Å². The Morgan fingerprint density at radius 1 is 1.13 bits per heavy atom. The largest absolute Gasteiger partial charge is 0.462 e. The number of benzene rings is 1. The number of likely N-dealkylation sites (tertiary alicyclic amines) is 1. The van der Waals surface area contributed by atoms with Crippen molar-refractivity contribution in [1.29, 1.82) is 0 Å². The van der Waals surface area contributed by atoms with Crippen LogP contribution in [0.5, 0.6) is 6.01 Å². The second kappa shape index (κ2) is 9.76. The van der Waals surface area contributed by atoms with E-state index in [4.69, 9.17) is 14.7 Å². The van der Waals surface area contributed by atoms with Crippen molar-refractivity contribution in [2.45, 2.75) is 64.1 Å². The molecule has 8 nitrogen and oxygen atoms in total. The number of alkyl halides is 3. The van der Waals surface area contributed by atoms with Crippen molar-refractivity contribution in [2.24, 2.45) is 0 Å². The van der Waals surface area contributed by atoms with Gasteiger partial charge in [-0.05, 0) is 58.0 Å². The molecule has 0 amide bonds. The van der Waals surface area contributed by atoms with Crippen LogP contribution in [0.3, 0.4) is 0 Å². The average Bonchev–Trinajstić information content (AvgIpc) is 3.53. The summed E-state index contributed by atoms with van der Waals surface area (Å²) in [6, 6.07) is 6.35. The van der Waals surface area contributed by atoms with Crippen molar-refractivity contribution >= 4 is 11.5 Å². The zero-order chi connectivity index (χ0) is 26.4. The Bertz CT molecular complexity index is 1310. The average molecular weight is 528 g/mol. The van der Waals surface area contributed by atoms with Crippen LogP contribution in [0.4, 0.5) is 24.7 Å². The Morgan fingerprint density at radius 2 is 2.00 bits per heavy atom. The summed E-state index contributed by atoms with van der Waals surface area (Å²) in [5, 5.41) is 0. The third kappa shape index (κ3) is 4.79. The van der Waals surface area contributed by atoms with Gasteiger partial charge < -0.3 is 24.0 Å². The molecule has 0 spiro atoms. The van der Waals surface area contributed by atoms with Crippen molar-refractivity contribution in [2.75, 3.05) is 36.5 Å². The molecule has 3 aliphatic heterocycles. The van der Waals surface area contributed by atoms with Gasteiger partial charge in [-0.2, -0.15) is 23.1 Å². The first-order chi connectivity index (χ1) is 18.3. The Kier molecular flexibility index (Phi) is 6.41. The van der Waals surface area contributed by atoms with E-state index >= 15 is 0 Å². The van der Waals surface area contributed by atoms with E-state index in [1.165, 1.54) is 12.1 Å². The van der Waals surface area contributed by atoms with E-state index < -0.39 is 11.7 Å². The SMILES string of the molecule is C[C@@H]1Cn2cncc2CN1c1nc(OC[C@@H]2CCCN2C)nc2c1CCN(c1cccc(C(F)(F)F)c1)C2. The van der Waals surface area contributed by atoms with E-state index in [9.17, 15) is 13.2 Å². The van der Waals surface area contributed by atoms with E-state index in [0.29, 0.717) is 50.4 Å². The van der Waals surface area contributed by atoms with Crippen LogP contribution < -0.4 is 14.5 Å². The zero-order valence-electron chi connectivity index (χ0n) is 21.7. The molecule has 38 heavy (non-hydrogen) atoms. The molecule has 5 heterocycles. The summed E-state index contributed by atoms with van der Waals surface area (Å²) < 4.78 is 48.5. The molecule has 11 heteroatoms. The number of fused-ring (bicyclic) bond motifs is 2. The van der Waals surface area contributed by atoms with E-state index in [-0.39, 0.29) is 6.04 Å². The van der Waals surface area contributed by atoms with Gasteiger partial charge in [-0.15, -0.1) is 0 Å². The predicted molar refractivity (Wildman–Crippen MR) is 137 cm³/mol. The maximum atomic E-state index is 13.4. The van der Waals surface area contributed by atoms with Crippen LogP contribution >= 0.6 is 0 Å². The molecule has 1 saturated heterocycles. The van der Waals surface area contributed by atoms with Crippen LogP contribution in [0.2, 0.25) is 0 Å². The van der Waals surface area contributed by atoms with Crippen LogP contribution in [0.15, 0.2) is 36.8 Å². The summed E-state index contributed by atoms with van der Waals surface area (Å²) in [6.45, 7) is 6.18. The lowest BCUT2D eigenvalue weighted by Crippen LogP contribution is -2.43. The summed E-state index contributed by atoms with van der Waals surface area (Å²) in [7, 11) is 2.10. The lowest BCUT2D eigenvalue weighted by molar-refractivity contribution is -0.137. The molecule has 202 valence electrons. The molecule has 6 rings (SSSR count). The van der Waals surface area contributed by atoms with Crippen molar-refractivity contribution in [3.63, 3.8) is 0 Å². The molecule has 0 bridgehead atoms. The summed E-state index contributed by atoms with van der Waals surface area (Å²) >= 11 is 0.